The lowest BCUT2D eigenvalue weighted by atomic mass is 9.90. The number of aromatic nitrogens is 3. The number of para-hydroxylation sites is 2. The first-order chi connectivity index (χ1) is 15.8. The van der Waals surface area contributed by atoms with Crippen molar-refractivity contribution in [1.29, 1.82) is 0 Å². The SMILES string of the molecule is COc1cccc(CN(Cc2nc3ccccc3[nH]2)C2CCCc3cccnc32)c1CN. The summed E-state index contributed by atoms with van der Waals surface area (Å²) in [6, 6.07) is 18.8. The second kappa shape index (κ2) is 9.10. The lowest BCUT2D eigenvalue weighted by Gasteiger charge is -2.35. The highest BCUT2D eigenvalue weighted by atomic mass is 16.5. The Kier molecular flexibility index (Phi) is 5.88. The van der Waals surface area contributed by atoms with Crippen molar-refractivity contribution in [3.63, 3.8) is 0 Å². The van der Waals surface area contributed by atoms with E-state index >= 15 is 0 Å². The predicted octanol–water partition coefficient (Wildman–Crippen LogP) is 4.51. The van der Waals surface area contributed by atoms with Crippen LogP contribution < -0.4 is 10.5 Å². The monoisotopic (exact) mass is 427 g/mol. The van der Waals surface area contributed by atoms with E-state index in [9.17, 15) is 0 Å². The molecular formula is C26H29N5O. The number of ether oxygens (including phenoxy) is 1. The van der Waals surface area contributed by atoms with Gasteiger partial charge in [0, 0.05) is 24.8 Å². The average molecular weight is 428 g/mol. The van der Waals surface area contributed by atoms with Crippen molar-refractivity contribution in [2.45, 2.75) is 44.9 Å². The van der Waals surface area contributed by atoms with Gasteiger partial charge in [-0.15, -0.1) is 0 Å². The molecule has 0 fully saturated rings. The van der Waals surface area contributed by atoms with Crippen molar-refractivity contribution >= 4 is 11.0 Å². The van der Waals surface area contributed by atoms with Crippen LogP contribution in [0.25, 0.3) is 11.0 Å². The fraction of sp³-hybridized carbons (Fsp3) is 0.308. The van der Waals surface area contributed by atoms with E-state index in [0.29, 0.717) is 13.1 Å². The standard InChI is InChI=1S/C26H29N5O/c1-32-24-13-5-8-19(20(24)15-27)16-31(17-25-29-21-10-2-3-11-22(21)30-25)23-12-4-7-18-9-6-14-28-26(18)23/h2-3,5-6,8-11,13-14,23H,4,7,12,15-17,27H2,1H3,(H,29,30). The van der Waals surface area contributed by atoms with E-state index in [1.54, 1.807) is 7.11 Å². The molecule has 1 atom stereocenters. The van der Waals surface area contributed by atoms with Gasteiger partial charge in [0.1, 0.15) is 11.6 Å². The predicted molar refractivity (Wildman–Crippen MR) is 126 cm³/mol. The third kappa shape index (κ3) is 3.99. The molecular weight excluding hydrogens is 398 g/mol. The Morgan fingerprint density at radius 3 is 2.84 bits per heavy atom. The molecule has 6 heteroatoms. The van der Waals surface area contributed by atoms with Crippen molar-refractivity contribution < 1.29 is 4.74 Å². The molecule has 0 aliphatic heterocycles. The number of rotatable bonds is 7. The average Bonchev–Trinajstić information content (AvgIpc) is 3.25. The van der Waals surface area contributed by atoms with Gasteiger partial charge in [-0.1, -0.05) is 30.3 Å². The van der Waals surface area contributed by atoms with E-state index in [2.05, 4.69) is 28.1 Å². The molecule has 0 saturated carbocycles. The first-order valence-corrected chi connectivity index (χ1v) is 11.2. The Balaban J connectivity index is 1.53. The summed E-state index contributed by atoms with van der Waals surface area (Å²) in [5.74, 6) is 1.81. The normalized spacial score (nSPS) is 15.8. The fourth-order valence-corrected chi connectivity index (χ4v) is 4.89. The molecule has 164 valence electrons. The fourth-order valence-electron chi connectivity index (χ4n) is 4.89. The number of nitrogens with zero attached hydrogens (tertiary/aromatic N) is 3. The Hall–Kier alpha value is -3.22. The largest absolute Gasteiger partial charge is 0.496 e. The second-order valence-corrected chi connectivity index (χ2v) is 8.36. The molecule has 0 radical (unpaired) electrons. The van der Waals surface area contributed by atoms with Crippen LogP contribution in [0.1, 0.15) is 47.1 Å². The van der Waals surface area contributed by atoms with Crippen molar-refractivity contribution in [2.24, 2.45) is 5.73 Å². The zero-order chi connectivity index (χ0) is 21.9. The first kappa shape index (κ1) is 20.7. The highest BCUT2D eigenvalue weighted by Crippen LogP contribution is 2.35. The summed E-state index contributed by atoms with van der Waals surface area (Å²) in [5, 5.41) is 0. The zero-order valence-electron chi connectivity index (χ0n) is 18.4. The van der Waals surface area contributed by atoms with Gasteiger partial charge >= 0.3 is 0 Å². The second-order valence-electron chi connectivity index (χ2n) is 8.36. The van der Waals surface area contributed by atoms with Crippen LogP contribution in [0.5, 0.6) is 5.75 Å². The van der Waals surface area contributed by atoms with Crippen LogP contribution in [0.4, 0.5) is 0 Å². The molecule has 1 aliphatic carbocycles. The molecule has 2 heterocycles. The number of nitrogens with one attached hydrogen (secondary N) is 1. The van der Waals surface area contributed by atoms with E-state index in [1.807, 2.05) is 42.6 Å². The summed E-state index contributed by atoms with van der Waals surface area (Å²) < 4.78 is 5.59. The maximum absolute atomic E-state index is 6.13. The number of hydrogen-bond acceptors (Lipinski definition) is 5. The van der Waals surface area contributed by atoms with Crippen LogP contribution >= 0.6 is 0 Å². The summed E-state index contributed by atoms with van der Waals surface area (Å²) in [7, 11) is 1.70. The number of benzene rings is 2. The summed E-state index contributed by atoms with van der Waals surface area (Å²) in [5.41, 5.74) is 13.0. The van der Waals surface area contributed by atoms with Gasteiger partial charge in [0.25, 0.3) is 0 Å². The van der Waals surface area contributed by atoms with E-state index in [1.165, 1.54) is 16.8 Å². The van der Waals surface area contributed by atoms with E-state index in [4.69, 9.17) is 20.4 Å². The topological polar surface area (TPSA) is 80.1 Å². The lowest BCUT2D eigenvalue weighted by Crippen LogP contribution is -2.32. The molecule has 0 spiro atoms. The van der Waals surface area contributed by atoms with Crippen LogP contribution in [0, 0.1) is 0 Å². The van der Waals surface area contributed by atoms with Gasteiger partial charge < -0.3 is 15.5 Å². The number of methoxy groups -OCH3 is 1. The molecule has 32 heavy (non-hydrogen) atoms. The number of fused-ring (bicyclic) bond motifs is 2. The van der Waals surface area contributed by atoms with Crippen LogP contribution in [-0.4, -0.2) is 27.0 Å². The molecule has 1 unspecified atom stereocenters. The van der Waals surface area contributed by atoms with E-state index in [0.717, 1.165) is 54.0 Å². The molecule has 4 aromatic rings. The Morgan fingerprint density at radius 1 is 1.09 bits per heavy atom. The Labute approximate surface area is 188 Å². The van der Waals surface area contributed by atoms with Crippen LogP contribution in [0.2, 0.25) is 0 Å². The highest BCUT2D eigenvalue weighted by Gasteiger charge is 2.28. The van der Waals surface area contributed by atoms with Crippen molar-refractivity contribution in [3.8, 4) is 5.75 Å². The molecule has 0 saturated heterocycles. The van der Waals surface area contributed by atoms with Gasteiger partial charge in [-0.05, 0) is 54.7 Å². The third-order valence-electron chi connectivity index (χ3n) is 6.42. The van der Waals surface area contributed by atoms with Crippen molar-refractivity contribution in [2.75, 3.05) is 7.11 Å². The quantitative estimate of drug-likeness (QED) is 0.454. The van der Waals surface area contributed by atoms with E-state index < -0.39 is 0 Å². The van der Waals surface area contributed by atoms with Gasteiger partial charge in [0.2, 0.25) is 0 Å². The number of H-pyrrole nitrogens is 1. The minimum atomic E-state index is 0.227. The number of aromatic amines is 1. The Morgan fingerprint density at radius 2 is 2.00 bits per heavy atom. The van der Waals surface area contributed by atoms with Gasteiger partial charge in [-0.25, -0.2) is 4.98 Å². The van der Waals surface area contributed by atoms with Crippen LogP contribution in [0.15, 0.2) is 60.8 Å². The molecule has 6 nitrogen and oxygen atoms in total. The van der Waals surface area contributed by atoms with Crippen LogP contribution in [-0.2, 0) is 26.1 Å². The van der Waals surface area contributed by atoms with Gasteiger partial charge in [-0.2, -0.15) is 0 Å². The molecule has 2 aromatic carbocycles. The maximum atomic E-state index is 6.13. The summed E-state index contributed by atoms with van der Waals surface area (Å²) in [6.07, 6.45) is 5.23. The van der Waals surface area contributed by atoms with E-state index in [-0.39, 0.29) is 6.04 Å². The molecule has 0 amide bonds. The van der Waals surface area contributed by atoms with Crippen molar-refractivity contribution in [1.82, 2.24) is 19.9 Å². The number of nitrogens with two attached hydrogens (primary N) is 1. The molecule has 1 aliphatic rings. The summed E-state index contributed by atoms with van der Waals surface area (Å²) >= 11 is 0. The first-order valence-electron chi connectivity index (χ1n) is 11.2. The summed E-state index contributed by atoms with van der Waals surface area (Å²) in [4.78, 5) is 15.6. The number of aryl methyl sites for hydroxylation is 1. The molecule has 2 aromatic heterocycles. The van der Waals surface area contributed by atoms with Gasteiger partial charge in [0.05, 0.1) is 36.4 Å². The maximum Gasteiger partial charge on any atom is 0.123 e. The highest BCUT2D eigenvalue weighted by molar-refractivity contribution is 5.74. The third-order valence-corrected chi connectivity index (χ3v) is 6.42. The van der Waals surface area contributed by atoms with Crippen molar-refractivity contribution in [3.05, 3.63) is 89.0 Å². The molecule has 3 N–H and O–H groups in total. The lowest BCUT2D eigenvalue weighted by molar-refractivity contribution is 0.153. The zero-order valence-corrected chi connectivity index (χ0v) is 18.4. The smallest absolute Gasteiger partial charge is 0.123 e. The van der Waals surface area contributed by atoms with Gasteiger partial charge in [0.15, 0.2) is 0 Å². The molecule has 5 rings (SSSR count). The number of hydrogen-bond donors (Lipinski definition) is 2. The van der Waals surface area contributed by atoms with Crippen LogP contribution in [0.3, 0.4) is 0 Å². The minimum absolute atomic E-state index is 0.227. The number of pyridine rings is 1. The van der Waals surface area contributed by atoms with Gasteiger partial charge in [-0.3, -0.25) is 9.88 Å². The number of imidazole rings is 1. The molecule has 0 bridgehead atoms. The Bertz CT molecular complexity index is 1180. The minimum Gasteiger partial charge on any atom is -0.496 e. The summed E-state index contributed by atoms with van der Waals surface area (Å²) in [6.45, 7) is 1.90.